The zero-order chi connectivity index (χ0) is 18.1. The van der Waals surface area contributed by atoms with E-state index in [1.807, 2.05) is 4.98 Å². The summed E-state index contributed by atoms with van der Waals surface area (Å²) in [6.07, 6.45) is 7.41. The van der Waals surface area contributed by atoms with Crippen LogP contribution in [0.1, 0.15) is 0 Å². The number of hydrogen-bond donors (Lipinski definition) is 5. The van der Waals surface area contributed by atoms with Gasteiger partial charge in [0.2, 0.25) is 0 Å². The number of aromatic nitrogens is 8. The molecule has 128 valence electrons. The topological polar surface area (TPSA) is 192 Å². The lowest BCUT2D eigenvalue weighted by Crippen LogP contribution is -2.19. The monoisotopic (exact) mass is 343 g/mol. The molecule has 25 heavy (non-hydrogen) atoms. The third kappa shape index (κ3) is 5.90. The maximum atomic E-state index is 10.2. The molecule has 0 aromatic carbocycles. The summed E-state index contributed by atoms with van der Waals surface area (Å²) in [7, 11) is 0. The van der Waals surface area contributed by atoms with E-state index in [1.165, 1.54) is 30.9 Å². The average molecular weight is 343 g/mol. The molecule has 12 heteroatoms. The molecule has 4 rings (SSSR count). The molecule has 0 aliphatic rings. The van der Waals surface area contributed by atoms with Crippen molar-refractivity contribution in [2.75, 3.05) is 5.73 Å². The molecule has 4 heterocycles. The van der Waals surface area contributed by atoms with Crippen LogP contribution in [0.2, 0.25) is 0 Å². The first kappa shape index (κ1) is 17.3. The Morgan fingerprint density at radius 3 is 2.36 bits per heavy atom. The number of hydrogen-bond acceptors (Lipinski definition) is 8. The molecule has 0 bridgehead atoms. The predicted octanol–water partition coefficient (Wildman–Crippen LogP) is -1.23. The van der Waals surface area contributed by atoms with E-state index in [0.29, 0.717) is 11.5 Å². The van der Waals surface area contributed by atoms with Gasteiger partial charge in [-0.15, -0.1) is 0 Å². The fourth-order valence-electron chi connectivity index (χ4n) is 1.46. The summed E-state index contributed by atoms with van der Waals surface area (Å²) in [6.45, 7) is 0. The van der Waals surface area contributed by atoms with Crippen LogP contribution in [0.25, 0.3) is 11.2 Å². The van der Waals surface area contributed by atoms with E-state index < -0.39 is 11.4 Å². The second kappa shape index (κ2) is 8.52. The van der Waals surface area contributed by atoms with E-state index in [4.69, 9.17) is 5.73 Å². The van der Waals surface area contributed by atoms with Crippen molar-refractivity contribution < 1.29 is 0 Å². The van der Waals surface area contributed by atoms with Crippen LogP contribution < -0.4 is 22.7 Å². The Labute approximate surface area is 138 Å². The third-order valence-corrected chi connectivity index (χ3v) is 2.48. The van der Waals surface area contributed by atoms with Gasteiger partial charge in [0.1, 0.15) is 17.7 Å². The van der Waals surface area contributed by atoms with Crippen LogP contribution in [0, 0.1) is 0 Å². The van der Waals surface area contributed by atoms with Crippen molar-refractivity contribution in [2.45, 2.75) is 0 Å². The summed E-state index contributed by atoms with van der Waals surface area (Å²) in [5.74, 6) is 0.338. The number of rotatable bonds is 0. The van der Waals surface area contributed by atoms with Gasteiger partial charge in [-0.05, 0) is 6.07 Å². The molecule has 0 fully saturated rings. The highest BCUT2D eigenvalue weighted by molar-refractivity contribution is 5.67. The van der Waals surface area contributed by atoms with Crippen LogP contribution in [-0.4, -0.2) is 39.9 Å². The van der Waals surface area contributed by atoms with Crippen molar-refractivity contribution in [3.8, 4) is 0 Å². The Bertz CT molecular complexity index is 1040. The quantitative estimate of drug-likeness (QED) is 0.262. The van der Waals surface area contributed by atoms with Crippen molar-refractivity contribution in [3.63, 3.8) is 0 Å². The van der Waals surface area contributed by atoms with Crippen molar-refractivity contribution in [2.24, 2.45) is 0 Å². The lowest BCUT2D eigenvalue weighted by molar-refractivity contribution is 1.04. The van der Waals surface area contributed by atoms with Crippen LogP contribution in [0.5, 0.6) is 0 Å². The highest BCUT2D eigenvalue weighted by atomic mass is 16.2. The lowest BCUT2D eigenvalue weighted by atomic mass is 10.6. The Morgan fingerprint density at radius 2 is 1.80 bits per heavy atom. The Hall–Kier alpha value is -4.09. The summed E-state index contributed by atoms with van der Waals surface area (Å²) >= 11 is 0. The molecule has 12 nitrogen and oxygen atoms in total. The molecule has 0 aliphatic carbocycles. The summed E-state index contributed by atoms with van der Waals surface area (Å²) in [5.41, 5.74) is 5.48. The van der Waals surface area contributed by atoms with E-state index in [-0.39, 0.29) is 5.56 Å². The molecule has 4 aromatic heterocycles. The van der Waals surface area contributed by atoms with Crippen LogP contribution in [0.4, 0.5) is 5.82 Å². The summed E-state index contributed by atoms with van der Waals surface area (Å²) in [4.78, 5) is 55.0. The van der Waals surface area contributed by atoms with Crippen LogP contribution >= 0.6 is 0 Å². The average Bonchev–Trinajstić information content (AvgIpc) is 3.04. The Morgan fingerprint density at radius 1 is 0.960 bits per heavy atom. The van der Waals surface area contributed by atoms with Crippen molar-refractivity contribution in [1.82, 2.24) is 39.9 Å². The highest BCUT2D eigenvalue weighted by Gasteiger charge is 1.91. The fraction of sp³-hybridized carbons (Fsp3) is 0. The summed E-state index contributed by atoms with van der Waals surface area (Å²) in [6, 6.07) is 2.75. The number of nitrogens with one attached hydrogen (secondary N) is 4. The normalized spacial score (nSPS) is 9.44. The molecular weight excluding hydrogens is 330 g/mol. The van der Waals surface area contributed by atoms with Gasteiger partial charge in [0, 0.05) is 18.5 Å². The standard InChI is InChI=1S/C5H4N4.C4H5N3O.C4H4N2O2/c1-4-5(8-2-6-1)9-3-7-4;5-3-1-2-6-4(8)7-3;7-3-1-2-5-4(8)6-3/h1-3H,(H,6,7,8,9);1-2H,(H3,5,6,7,8);1-2H,(H2,5,6,7,8). The van der Waals surface area contributed by atoms with E-state index in [0.717, 1.165) is 5.52 Å². The molecule has 0 aliphatic heterocycles. The SMILES string of the molecule is Nc1ccnc(=O)[nH]1.O=c1cc[nH]c(=O)[nH]1.c1ncc2[nH]cnc2n1. The van der Waals surface area contributed by atoms with Gasteiger partial charge in [0.25, 0.3) is 5.56 Å². The van der Waals surface area contributed by atoms with Gasteiger partial charge in [-0.1, -0.05) is 0 Å². The van der Waals surface area contributed by atoms with E-state index >= 15 is 0 Å². The Balaban J connectivity index is 0.000000136. The van der Waals surface area contributed by atoms with Crippen LogP contribution in [0.15, 0.2) is 57.8 Å². The number of H-pyrrole nitrogens is 4. The molecule has 0 unspecified atom stereocenters. The molecule has 4 aromatic rings. The lowest BCUT2D eigenvalue weighted by Gasteiger charge is -1.84. The van der Waals surface area contributed by atoms with Gasteiger partial charge in [0.05, 0.1) is 12.5 Å². The van der Waals surface area contributed by atoms with Gasteiger partial charge in [-0.25, -0.2) is 29.5 Å². The van der Waals surface area contributed by atoms with Crippen molar-refractivity contribution in [3.05, 3.63) is 74.7 Å². The molecule has 0 radical (unpaired) electrons. The van der Waals surface area contributed by atoms with Gasteiger partial charge in [-0.3, -0.25) is 14.8 Å². The predicted molar refractivity (Wildman–Crippen MR) is 88.6 cm³/mol. The third-order valence-electron chi connectivity index (χ3n) is 2.48. The highest BCUT2D eigenvalue weighted by Crippen LogP contribution is 1.99. The number of anilines is 1. The first-order valence-electron chi connectivity index (χ1n) is 6.72. The van der Waals surface area contributed by atoms with Crippen molar-refractivity contribution >= 4 is 17.0 Å². The van der Waals surface area contributed by atoms with Gasteiger partial charge in [-0.2, -0.15) is 0 Å². The largest absolute Gasteiger partial charge is 0.385 e. The van der Waals surface area contributed by atoms with Gasteiger partial charge < -0.3 is 15.7 Å². The molecule has 0 saturated carbocycles. The molecule has 0 saturated heterocycles. The molecule has 0 amide bonds. The van der Waals surface area contributed by atoms with Crippen molar-refractivity contribution in [1.29, 1.82) is 0 Å². The molecule has 0 spiro atoms. The minimum atomic E-state index is -0.475. The number of fused-ring (bicyclic) bond motifs is 1. The van der Waals surface area contributed by atoms with Crippen LogP contribution in [-0.2, 0) is 0 Å². The maximum Gasteiger partial charge on any atom is 0.346 e. The Kier molecular flexibility index (Phi) is 5.88. The van der Waals surface area contributed by atoms with Gasteiger partial charge in [0.15, 0.2) is 5.65 Å². The maximum absolute atomic E-state index is 10.2. The number of nitrogens with two attached hydrogens (primary N) is 1. The number of nitrogen functional groups attached to an aromatic ring is 1. The zero-order valence-corrected chi connectivity index (χ0v) is 12.6. The molecule has 0 atom stereocenters. The number of aromatic amines is 4. The minimum absolute atomic E-state index is 0.338. The molecule has 6 N–H and O–H groups in total. The first-order chi connectivity index (χ1) is 12.0. The van der Waals surface area contributed by atoms with E-state index in [9.17, 15) is 14.4 Å². The minimum Gasteiger partial charge on any atom is -0.385 e. The van der Waals surface area contributed by atoms with E-state index in [1.54, 1.807) is 12.5 Å². The van der Waals surface area contributed by atoms with E-state index in [2.05, 4.69) is 34.9 Å². The smallest absolute Gasteiger partial charge is 0.346 e. The number of imidazole rings is 1. The second-order valence-corrected chi connectivity index (χ2v) is 4.29. The zero-order valence-electron chi connectivity index (χ0n) is 12.6. The molecular formula is C13H13N9O3. The second-order valence-electron chi connectivity index (χ2n) is 4.29. The van der Waals surface area contributed by atoms with Crippen LogP contribution in [0.3, 0.4) is 0 Å². The van der Waals surface area contributed by atoms with Gasteiger partial charge >= 0.3 is 11.4 Å². The summed E-state index contributed by atoms with van der Waals surface area (Å²) < 4.78 is 0. The number of nitrogens with zero attached hydrogens (tertiary/aromatic N) is 4. The first-order valence-corrected chi connectivity index (χ1v) is 6.72. The summed E-state index contributed by atoms with van der Waals surface area (Å²) in [5, 5.41) is 0. The fourth-order valence-corrected chi connectivity index (χ4v) is 1.46.